The molecule has 3 heteroatoms. The van der Waals surface area contributed by atoms with E-state index < -0.39 is 0 Å². The van der Waals surface area contributed by atoms with Gasteiger partial charge >= 0.3 is 0 Å². The first kappa shape index (κ1) is 12.9. The second kappa shape index (κ2) is 6.46. The van der Waals surface area contributed by atoms with E-state index in [1.54, 1.807) is 0 Å². The number of hydrogen-bond donors (Lipinski definition) is 1. The Balaban J connectivity index is 2.15. The van der Waals surface area contributed by atoms with Crippen molar-refractivity contribution in [2.24, 2.45) is 5.41 Å². The zero-order valence-corrected chi connectivity index (χ0v) is 10.00. The van der Waals surface area contributed by atoms with E-state index >= 15 is 0 Å². The molecule has 0 radical (unpaired) electrons. The highest BCUT2D eigenvalue weighted by molar-refractivity contribution is 4.86. The molecule has 2 atom stereocenters. The van der Waals surface area contributed by atoms with Crippen molar-refractivity contribution in [2.45, 2.75) is 45.6 Å². The largest absolute Gasteiger partial charge is 0.394 e. The van der Waals surface area contributed by atoms with Gasteiger partial charge in [0, 0.05) is 13.2 Å². The van der Waals surface area contributed by atoms with Crippen LogP contribution in [-0.4, -0.2) is 37.6 Å². The molecule has 0 aromatic carbocycles. The first-order chi connectivity index (χ1) is 7.23. The van der Waals surface area contributed by atoms with Crippen molar-refractivity contribution in [1.82, 2.24) is 0 Å². The molecule has 0 aromatic rings. The quantitative estimate of drug-likeness (QED) is 0.631. The van der Waals surface area contributed by atoms with E-state index in [0.29, 0.717) is 18.1 Å². The molecule has 0 spiro atoms. The fourth-order valence-electron chi connectivity index (χ4n) is 2.10. The molecule has 1 fully saturated rings. The van der Waals surface area contributed by atoms with Crippen molar-refractivity contribution in [2.75, 3.05) is 26.4 Å². The molecule has 0 bridgehead atoms. The predicted octanol–water partition coefficient (Wildman–Crippen LogP) is 1.98. The third-order valence-electron chi connectivity index (χ3n) is 3.56. The molecule has 1 N–H and O–H groups in total. The average Bonchev–Trinajstić information content (AvgIpc) is 2.15. The Bertz CT molecular complexity index is 168. The van der Waals surface area contributed by atoms with E-state index in [9.17, 15) is 0 Å². The Hall–Kier alpha value is -0.120. The summed E-state index contributed by atoms with van der Waals surface area (Å²) >= 11 is 0. The van der Waals surface area contributed by atoms with Crippen LogP contribution in [0.4, 0.5) is 0 Å². The number of rotatable bonds is 8. The molecule has 1 saturated heterocycles. The van der Waals surface area contributed by atoms with Crippen LogP contribution in [-0.2, 0) is 9.47 Å². The summed E-state index contributed by atoms with van der Waals surface area (Å²) in [7, 11) is 0. The molecule has 0 aromatic heterocycles. The normalized spacial score (nSPS) is 24.6. The molecule has 3 nitrogen and oxygen atoms in total. The number of ether oxygens (including phenoxy) is 2. The Morgan fingerprint density at radius 1 is 1.47 bits per heavy atom. The summed E-state index contributed by atoms with van der Waals surface area (Å²) < 4.78 is 10.8. The van der Waals surface area contributed by atoms with Gasteiger partial charge in [-0.1, -0.05) is 13.8 Å². The van der Waals surface area contributed by atoms with E-state index in [-0.39, 0.29) is 6.61 Å². The monoisotopic (exact) mass is 216 g/mol. The van der Waals surface area contributed by atoms with Gasteiger partial charge in [-0.3, -0.25) is 0 Å². The van der Waals surface area contributed by atoms with Gasteiger partial charge < -0.3 is 14.6 Å². The Labute approximate surface area is 92.8 Å². The summed E-state index contributed by atoms with van der Waals surface area (Å²) in [6.45, 7) is 6.81. The first-order valence-corrected chi connectivity index (χ1v) is 6.03. The molecule has 0 saturated carbocycles. The minimum Gasteiger partial charge on any atom is -0.394 e. The molecular formula is C12H24O3. The van der Waals surface area contributed by atoms with Gasteiger partial charge in [0.25, 0.3) is 0 Å². The van der Waals surface area contributed by atoms with E-state index in [2.05, 4.69) is 13.8 Å². The summed E-state index contributed by atoms with van der Waals surface area (Å²) in [5.41, 5.74) is 0.320. The van der Waals surface area contributed by atoms with Gasteiger partial charge in [-0.05, 0) is 31.1 Å². The van der Waals surface area contributed by atoms with Gasteiger partial charge in [0.15, 0.2) is 0 Å². The molecule has 1 aliphatic rings. The van der Waals surface area contributed by atoms with Crippen molar-refractivity contribution >= 4 is 0 Å². The van der Waals surface area contributed by atoms with Gasteiger partial charge in [0.05, 0.1) is 19.3 Å². The van der Waals surface area contributed by atoms with Crippen molar-refractivity contribution in [3.8, 4) is 0 Å². The maximum atomic E-state index is 8.56. The van der Waals surface area contributed by atoms with Crippen LogP contribution < -0.4 is 0 Å². The van der Waals surface area contributed by atoms with Gasteiger partial charge in [0.2, 0.25) is 0 Å². The lowest BCUT2D eigenvalue weighted by molar-refractivity contribution is -0.127. The highest BCUT2D eigenvalue weighted by Crippen LogP contribution is 2.38. The molecule has 1 aliphatic heterocycles. The van der Waals surface area contributed by atoms with Crippen LogP contribution in [0.3, 0.4) is 0 Å². The lowest BCUT2D eigenvalue weighted by Gasteiger charge is -2.42. The maximum absolute atomic E-state index is 8.56. The van der Waals surface area contributed by atoms with Crippen molar-refractivity contribution in [1.29, 1.82) is 0 Å². The predicted molar refractivity (Wildman–Crippen MR) is 59.9 cm³/mol. The Morgan fingerprint density at radius 2 is 2.20 bits per heavy atom. The Kier molecular flexibility index (Phi) is 5.58. The van der Waals surface area contributed by atoms with Crippen LogP contribution in [0.2, 0.25) is 0 Å². The zero-order chi connectivity index (χ0) is 11.1. The molecule has 2 unspecified atom stereocenters. The summed E-state index contributed by atoms with van der Waals surface area (Å²) in [4.78, 5) is 0. The highest BCUT2D eigenvalue weighted by Gasteiger charge is 2.36. The van der Waals surface area contributed by atoms with Crippen LogP contribution in [0, 0.1) is 5.41 Å². The summed E-state index contributed by atoms with van der Waals surface area (Å²) in [6.07, 6.45) is 5.05. The molecule has 1 rings (SSSR count). The van der Waals surface area contributed by atoms with Crippen LogP contribution >= 0.6 is 0 Å². The lowest BCUT2D eigenvalue weighted by Crippen LogP contribution is -2.42. The second-order valence-corrected chi connectivity index (χ2v) is 4.60. The molecule has 1 heterocycles. The summed E-state index contributed by atoms with van der Waals surface area (Å²) in [6, 6.07) is 0. The first-order valence-electron chi connectivity index (χ1n) is 6.03. The van der Waals surface area contributed by atoms with E-state index in [0.717, 1.165) is 32.5 Å². The zero-order valence-electron chi connectivity index (χ0n) is 10.00. The van der Waals surface area contributed by atoms with E-state index in [1.165, 1.54) is 6.42 Å². The third kappa shape index (κ3) is 3.74. The minimum atomic E-state index is 0.122. The lowest BCUT2D eigenvalue weighted by atomic mass is 9.75. The topological polar surface area (TPSA) is 38.7 Å². The SMILES string of the molecule is CCC(C)(CCCOCCO)C1CCO1. The smallest absolute Gasteiger partial charge is 0.0697 e. The van der Waals surface area contributed by atoms with Gasteiger partial charge in [-0.25, -0.2) is 0 Å². The highest BCUT2D eigenvalue weighted by atomic mass is 16.5. The molecule has 0 amide bonds. The van der Waals surface area contributed by atoms with E-state index in [4.69, 9.17) is 14.6 Å². The van der Waals surface area contributed by atoms with Crippen molar-refractivity contribution in [3.05, 3.63) is 0 Å². The van der Waals surface area contributed by atoms with Crippen LogP contribution in [0.25, 0.3) is 0 Å². The van der Waals surface area contributed by atoms with Gasteiger partial charge in [0.1, 0.15) is 0 Å². The number of aliphatic hydroxyl groups excluding tert-OH is 1. The summed E-state index contributed by atoms with van der Waals surface area (Å²) in [5.74, 6) is 0. The minimum absolute atomic E-state index is 0.122. The molecule has 0 aliphatic carbocycles. The van der Waals surface area contributed by atoms with Crippen molar-refractivity contribution in [3.63, 3.8) is 0 Å². The van der Waals surface area contributed by atoms with Gasteiger partial charge in [-0.2, -0.15) is 0 Å². The van der Waals surface area contributed by atoms with E-state index in [1.807, 2.05) is 0 Å². The number of aliphatic hydroxyl groups is 1. The second-order valence-electron chi connectivity index (χ2n) is 4.60. The summed E-state index contributed by atoms with van der Waals surface area (Å²) in [5, 5.41) is 8.56. The fraction of sp³-hybridized carbons (Fsp3) is 1.00. The van der Waals surface area contributed by atoms with Crippen LogP contribution in [0.5, 0.6) is 0 Å². The molecule has 90 valence electrons. The van der Waals surface area contributed by atoms with Crippen molar-refractivity contribution < 1.29 is 14.6 Å². The third-order valence-corrected chi connectivity index (χ3v) is 3.56. The Morgan fingerprint density at radius 3 is 2.67 bits per heavy atom. The standard InChI is InChI=1S/C12H24O3/c1-3-12(2,11-5-9-15-11)6-4-8-14-10-7-13/h11,13H,3-10H2,1-2H3. The molecule has 15 heavy (non-hydrogen) atoms. The average molecular weight is 216 g/mol. The van der Waals surface area contributed by atoms with Crippen LogP contribution in [0.15, 0.2) is 0 Å². The fourth-order valence-corrected chi connectivity index (χ4v) is 2.10. The maximum Gasteiger partial charge on any atom is 0.0697 e. The number of hydrogen-bond acceptors (Lipinski definition) is 3. The van der Waals surface area contributed by atoms with Crippen LogP contribution in [0.1, 0.15) is 39.5 Å². The molecular weight excluding hydrogens is 192 g/mol. The van der Waals surface area contributed by atoms with Gasteiger partial charge in [-0.15, -0.1) is 0 Å².